The summed E-state index contributed by atoms with van der Waals surface area (Å²) in [6.07, 6.45) is -4.39. The topological polar surface area (TPSA) is 61.9 Å². The summed E-state index contributed by atoms with van der Waals surface area (Å²) in [6, 6.07) is 11.5. The molecule has 0 aromatic heterocycles. The number of alkyl halides is 3. The molecule has 2 aromatic carbocycles. The molecule has 6 heteroatoms. The lowest BCUT2D eigenvalue weighted by atomic mass is 10.1. The number of anilines is 2. The Balaban J connectivity index is 2.34. The molecule has 0 aliphatic rings. The molecule has 0 aliphatic carbocycles. The Morgan fingerprint density at radius 3 is 2.40 bits per heavy atom. The molecule has 2 rings (SSSR count). The van der Waals surface area contributed by atoms with E-state index in [4.69, 9.17) is 11.1 Å². The highest BCUT2D eigenvalue weighted by Crippen LogP contribution is 2.31. The van der Waals surface area contributed by atoms with Crippen molar-refractivity contribution in [3.8, 4) is 0 Å². The highest BCUT2D eigenvalue weighted by Gasteiger charge is 2.30. The van der Waals surface area contributed by atoms with Crippen LogP contribution in [0.25, 0.3) is 0 Å². The van der Waals surface area contributed by atoms with Crippen LogP contribution in [0.15, 0.2) is 48.5 Å². The first kappa shape index (κ1) is 13.9. The molecule has 0 atom stereocenters. The van der Waals surface area contributed by atoms with Crippen molar-refractivity contribution in [3.63, 3.8) is 0 Å². The molecule has 20 heavy (non-hydrogen) atoms. The normalized spacial score (nSPS) is 11.2. The van der Waals surface area contributed by atoms with Crippen molar-refractivity contribution in [1.29, 1.82) is 5.41 Å². The average Bonchev–Trinajstić information content (AvgIpc) is 2.38. The third-order valence-corrected chi connectivity index (χ3v) is 2.69. The van der Waals surface area contributed by atoms with Gasteiger partial charge in [0.15, 0.2) is 0 Å². The van der Waals surface area contributed by atoms with Crippen LogP contribution in [-0.4, -0.2) is 5.84 Å². The molecule has 0 spiro atoms. The van der Waals surface area contributed by atoms with Crippen molar-refractivity contribution in [2.75, 3.05) is 5.32 Å². The molecule has 0 radical (unpaired) electrons. The molecule has 0 unspecified atom stereocenters. The Morgan fingerprint density at radius 1 is 1.05 bits per heavy atom. The van der Waals surface area contributed by atoms with E-state index in [2.05, 4.69) is 5.32 Å². The molecule has 2 aromatic rings. The number of nitrogens with one attached hydrogen (secondary N) is 2. The van der Waals surface area contributed by atoms with Gasteiger partial charge in [-0.15, -0.1) is 0 Å². The van der Waals surface area contributed by atoms with E-state index in [1.54, 1.807) is 24.3 Å². The average molecular weight is 279 g/mol. The van der Waals surface area contributed by atoms with Gasteiger partial charge in [0.25, 0.3) is 0 Å². The second kappa shape index (κ2) is 5.24. The number of hydrogen-bond acceptors (Lipinski definition) is 2. The van der Waals surface area contributed by atoms with Gasteiger partial charge >= 0.3 is 6.18 Å². The van der Waals surface area contributed by atoms with E-state index in [1.165, 1.54) is 12.1 Å². The number of amidine groups is 1. The van der Waals surface area contributed by atoms with Crippen LogP contribution in [0.2, 0.25) is 0 Å². The summed E-state index contributed by atoms with van der Waals surface area (Å²) in [5.74, 6) is -0.153. The summed E-state index contributed by atoms with van der Waals surface area (Å²) in [7, 11) is 0. The standard InChI is InChI=1S/C14H12F3N3/c15-14(16,17)9-4-3-5-10(8-9)20-12-7-2-1-6-11(12)13(18)19/h1-8,20H,(H3,18,19). The minimum atomic E-state index is -4.39. The summed E-state index contributed by atoms with van der Waals surface area (Å²) in [4.78, 5) is 0. The van der Waals surface area contributed by atoms with Crippen molar-refractivity contribution in [1.82, 2.24) is 0 Å². The van der Waals surface area contributed by atoms with Crippen molar-refractivity contribution in [3.05, 3.63) is 59.7 Å². The van der Waals surface area contributed by atoms with E-state index in [9.17, 15) is 13.2 Å². The van der Waals surface area contributed by atoms with Crippen LogP contribution in [-0.2, 0) is 6.18 Å². The van der Waals surface area contributed by atoms with Gasteiger partial charge in [-0.2, -0.15) is 13.2 Å². The summed E-state index contributed by atoms with van der Waals surface area (Å²) in [5, 5.41) is 10.3. The van der Waals surface area contributed by atoms with E-state index in [1.807, 2.05) is 0 Å². The van der Waals surface area contributed by atoms with Gasteiger partial charge in [0.1, 0.15) is 5.84 Å². The Bertz CT molecular complexity index is 636. The maximum atomic E-state index is 12.6. The zero-order valence-electron chi connectivity index (χ0n) is 10.3. The van der Waals surface area contributed by atoms with Crippen LogP contribution in [0.5, 0.6) is 0 Å². The molecule has 3 nitrogen and oxygen atoms in total. The Morgan fingerprint density at radius 2 is 1.75 bits per heavy atom. The van der Waals surface area contributed by atoms with Gasteiger partial charge < -0.3 is 11.1 Å². The first-order valence-corrected chi connectivity index (χ1v) is 5.75. The van der Waals surface area contributed by atoms with Gasteiger partial charge in [0, 0.05) is 16.9 Å². The van der Waals surface area contributed by atoms with Crippen molar-refractivity contribution in [2.24, 2.45) is 5.73 Å². The van der Waals surface area contributed by atoms with Gasteiger partial charge in [-0.25, -0.2) is 0 Å². The van der Waals surface area contributed by atoms with Crippen LogP contribution < -0.4 is 11.1 Å². The van der Waals surface area contributed by atoms with Crippen LogP contribution in [0, 0.1) is 5.41 Å². The van der Waals surface area contributed by atoms with Crippen molar-refractivity contribution >= 4 is 17.2 Å². The van der Waals surface area contributed by atoms with Gasteiger partial charge in [0.2, 0.25) is 0 Å². The van der Waals surface area contributed by atoms with E-state index < -0.39 is 11.7 Å². The lowest BCUT2D eigenvalue weighted by molar-refractivity contribution is -0.137. The smallest absolute Gasteiger partial charge is 0.384 e. The quantitative estimate of drug-likeness (QED) is 0.592. The maximum Gasteiger partial charge on any atom is 0.416 e. The number of rotatable bonds is 3. The fourth-order valence-electron chi connectivity index (χ4n) is 1.76. The van der Waals surface area contributed by atoms with Gasteiger partial charge in [-0.3, -0.25) is 5.41 Å². The minimum Gasteiger partial charge on any atom is -0.384 e. The predicted octanol–water partition coefficient (Wildman–Crippen LogP) is 3.73. The van der Waals surface area contributed by atoms with Crippen molar-refractivity contribution < 1.29 is 13.2 Å². The third-order valence-electron chi connectivity index (χ3n) is 2.69. The molecule has 0 amide bonds. The van der Waals surface area contributed by atoms with Gasteiger partial charge in [-0.1, -0.05) is 18.2 Å². The maximum absolute atomic E-state index is 12.6. The number of nitrogens with two attached hydrogens (primary N) is 1. The number of halogens is 3. The molecular formula is C14H12F3N3. The van der Waals surface area contributed by atoms with E-state index in [0.29, 0.717) is 11.3 Å². The molecule has 0 bridgehead atoms. The van der Waals surface area contributed by atoms with E-state index in [0.717, 1.165) is 12.1 Å². The molecule has 0 saturated carbocycles. The monoisotopic (exact) mass is 279 g/mol. The SMILES string of the molecule is N=C(N)c1ccccc1Nc1cccc(C(F)(F)F)c1. The molecular weight excluding hydrogens is 267 g/mol. The van der Waals surface area contributed by atoms with Crippen molar-refractivity contribution in [2.45, 2.75) is 6.18 Å². The molecule has 0 fully saturated rings. The molecule has 0 aliphatic heterocycles. The van der Waals surface area contributed by atoms with Crippen LogP contribution >= 0.6 is 0 Å². The first-order valence-electron chi connectivity index (χ1n) is 5.75. The largest absolute Gasteiger partial charge is 0.416 e. The molecule has 0 saturated heterocycles. The van der Waals surface area contributed by atoms with Gasteiger partial charge in [-0.05, 0) is 30.3 Å². The number of nitrogen functional groups attached to an aromatic ring is 1. The second-order valence-corrected chi connectivity index (χ2v) is 4.16. The Labute approximate surface area is 113 Å². The Hall–Kier alpha value is -2.50. The predicted molar refractivity (Wildman–Crippen MR) is 72.2 cm³/mol. The summed E-state index contributed by atoms with van der Waals surface area (Å²) in [6.45, 7) is 0. The van der Waals surface area contributed by atoms with Crippen LogP contribution in [0.3, 0.4) is 0 Å². The molecule has 0 heterocycles. The Kier molecular flexibility index (Phi) is 3.65. The second-order valence-electron chi connectivity index (χ2n) is 4.16. The van der Waals surface area contributed by atoms with E-state index in [-0.39, 0.29) is 11.5 Å². The zero-order chi connectivity index (χ0) is 14.8. The van der Waals surface area contributed by atoms with Gasteiger partial charge in [0.05, 0.1) is 5.56 Å². The number of para-hydroxylation sites is 1. The highest BCUT2D eigenvalue weighted by molar-refractivity contribution is 6.00. The summed E-state index contributed by atoms with van der Waals surface area (Å²) in [5.41, 5.74) is 5.90. The summed E-state index contributed by atoms with van der Waals surface area (Å²) >= 11 is 0. The zero-order valence-corrected chi connectivity index (χ0v) is 10.3. The third kappa shape index (κ3) is 3.09. The van der Waals surface area contributed by atoms with Crippen LogP contribution in [0.1, 0.15) is 11.1 Å². The molecule has 104 valence electrons. The van der Waals surface area contributed by atoms with E-state index >= 15 is 0 Å². The summed E-state index contributed by atoms with van der Waals surface area (Å²) < 4.78 is 37.9. The highest BCUT2D eigenvalue weighted by atomic mass is 19.4. The first-order chi connectivity index (χ1) is 9.38. The molecule has 4 N–H and O–H groups in total. The van der Waals surface area contributed by atoms with Crippen LogP contribution in [0.4, 0.5) is 24.5 Å². The lowest BCUT2D eigenvalue weighted by Gasteiger charge is -2.13. The number of benzene rings is 2. The fourth-order valence-corrected chi connectivity index (χ4v) is 1.76. The minimum absolute atomic E-state index is 0.153. The lowest BCUT2D eigenvalue weighted by Crippen LogP contribution is -2.13. The fraction of sp³-hybridized carbons (Fsp3) is 0.0714. The number of hydrogen-bond donors (Lipinski definition) is 3.